The predicted molar refractivity (Wildman–Crippen MR) is 72.5 cm³/mol. The number of nitrogens with two attached hydrogens (primary N) is 1. The number of hydrogen-bond donors (Lipinski definition) is 1. The van der Waals surface area contributed by atoms with E-state index in [0.717, 1.165) is 37.8 Å². The second kappa shape index (κ2) is 6.30. The Balaban J connectivity index is 1.91. The van der Waals surface area contributed by atoms with Gasteiger partial charge in [0.2, 0.25) is 0 Å². The first-order valence-corrected chi connectivity index (χ1v) is 6.89. The zero-order valence-corrected chi connectivity index (χ0v) is 11.2. The number of halogens is 1. The molecule has 2 N–H and O–H groups in total. The molecule has 0 atom stereocenters. The van der Waals surface area contributed by atoms with Crippen molar-refractivity contribution in [3.8, 4) is 0 Å². The number of carbonyl (C=O) groups excluding carboxylic acids is 1. The van der Waals surface area contributed by atoms with Crippen molar-refractivity contribution < 1.29 is 4.79 Å². The number of ketones is 1. The lowest BCUT2D eigenvalue weighted by atomic mass is 9.79. The molecule has 1 fully saturated rings. The molecule has 4 heteroatoms. The van der Waals surface area contributed by atoms with Crippen LogP contribution < -0.4 is 5.73 Å². The number of pyridine rings is 1. The van der Waals surface area contributed by atoms with Crippen molar-refractivity contribution in [1.29, 1.82) is 0 Å². The van der Waals surface area contributed by atoms with E-state index in [2.05, 4.69) is 4.98 Å². The number of rotatable bonds is 4. The molecule has 18 heavy (non-hydrogen) atoms. The van der Waals surface area contributed by atoms with Crippen LogP contribution in [0.5, 0.6) is 0 Å². The van der Waals surface area contributed by atoms with E-state index in [1.807, 2.05) is 6.07 Å². The van der Waals surface area contributed by atoms with E-state index in [1.165, 1.54) is 0 Å². The first kappa shape index (κ1) is 13.5. The standard InChI is InChI=1S/C14H19ClN2O/c15-13-9-17-6-5-12(13)7-14(18)11-3-1-10(8-16)2-4-11/h5-6,9-11H,1-4,7-8,16H2. The fraction of sp³-hybridized carbons (Fsp3) is 0.571. The smallest absolute Gasteiger partial charge is 0.140 e. The summed E-state index contributed by atoms with van der Waals surface area (Å²) in [6.45, 7) is 0.747. The molecular weight excluding hydrogens is 248 g/mol. The molecule has 1 saturated carbocycles. The number of hydrogen-bond acceptors (Lipinski definition) is 3. The van der Waals surface area contributed by atoms with Gasteiger partial charge in [-0.15, -0.1) is 0 Å². The summed E-state index contributed by atoms with van der Waals surface area (Å²) in [7, 11) is 0. The summed E-state index contributed by atoms with van der Waals surface area (Å²) in [5.74, 6) is 1.11. The van der Waals surface area contributed by atoms with E-state index in [9.17, 15) is 4.79 Å². The van der Waals surface area contributed by atoms with Crippen LogP contribution >= 0.6 is 11.6 Å². The van der Waals surface area contributed by atoms with Crippen LogP contribution in [0.1, 0.15) is 31.2 Å². The zero-order valence-electron chi connectivity index (χ0n) is 10.4. The Labute approximate surface area is 113 Å². The Morgan fingerprint density at radius 1 is 1.39 bits per heavy atom. The van der Waals surface area contributed by atoms with Gasteiger partial charge in [-0.25, -0.2) is 0 Å². The molecule has 0 spiro atoms. The summed E-state index contributed by atoms with van der Waals surface area (Å²) in [5.41, 5.74) is 6.55. The molecule has 1 aliphatic carbocycles. The summed E-state index contributed by atoms with van der Waals surface area (Å²) in [6, 6.07) is 1.83. The number of nitrogens with zero attached hydrogens (tertiary/aromatic N) is 1. The van der Waals surface area contributed by atoms with Gasteiger partial charge in [0.05, 0.1) is 5.02 Å². The largest absolute Gasteiger partial charge is 0.330 e. The average Bonchev–Trinajstić information content (AvgIpc) is 2.41. The van der Waals surface area contributed by atoms with Gasteiger partial charge < -0.3 is 5.73 Å². The molecular formula is C14H19ClN2O. The summed E-state index contributed by atoms with van der Waals surface area (Å²) in [6.07, 6.45) is 7.81. The second-order valence-electron chi connectivity index (χ2n) is 5.06. The highest BCUT2D eigenvalue weighted by molar-refractivity contribution is 6.31. The van der Waals surface area contributed by atoms with Gasteiger partial charge in [-0.3, -0.25) is 9.78 Å². The molecule has 0 unspecified atom stereocenters. The van der Waals surface area contributed by atoms with E-state index in [4.69, 9.17) is 17.3 Å². The third-order valence-corrected chi connectivity index (χ3v) is 4.20. The molecule has 0 aliphatic heterocycles. The fourth-order valence-corrected chi connectivity index (χ4v) is 2.79. The third-order valence-electron chi connectivity index (χ3n) is 3.86. The Bertz CT molecular complexity index is 414. The van der Waals surface area contributed by atoms with Crippen LogP contribution in [0.4, 0.5) is 0 Å². The topological polar surface area (TPSA) is 56.0 Å². The lowest BCUT2D eigenvalue weighted by Gasteiger charge is -2.26. The summed E-state index contributed by atoms with van der Waals surface area (Å²) in [5, 5.41) is 0.585. The second-order valence-corrected chi connectivity index (χ2v) is 5.47. The summed E-state index contributed by atoms with van der Waals surface area (Å²) in [4.78, 5) is 16.1. The maximum absolute atomic E-state index is 12.2. The maximum atomic E-state index is 12.2. The van der Waals surface area contributed by atoms with E-state index in [1.54, 1.807) is 12.4 Å². The van der Waals surface area contributed by atoms with Crippen molar-refractivity contribution in [2.24, 2.45) is 17.6 Å². The van der Waals surface area contributed by atoms with Crippen molar-refractivity contribution in [2.75, 3.05) is 6.54 Å². The molecule has 0 amide bonds. The van der Waals surface area contributed by atoms with Crippen LogP contribution in [0.15, 0.2) is 18.5 Å². The SMILES string of the molecule is NCC1CCC(C(=O)Cc2ccncc2Cl)CC1. The normalized spacial score (nSPS) is 23.9. The quantitative estimate of drug-likeness (QED) is 0.911. The first-order valence-electron chi connectivity index (χ1n) is 6.52. The molecule has 0 aromatic carbocycles. The number of carbonyl (C=O) groups is 1. The maximum Gasteiger partial charge on any atom is 0.140 e. The fourth-order valence-electron chi connectivity index (χ4n) is 2.60. The molecule has 0 radical (unpaired) electrons. The highest BCUT2D eigenvalue weighted by atomic mass is 35.5. The predicted octanol–water partition coefficient (Wildman–Crippen LogP) is 2.61. The summed E-state index contributed by atoms with van der Waals surface area (Å²) >= 11 is 6.02. The average molecular weight is 267 g/mol. The van der Waals surface area contributed by atoms with Gasteiger partial charge in [-0.05, 0) is 49.8 Å². The van der Waals surface area contributed by atoms with E-state index in [0.29, 0.717) is 23.1 Å². The van der Waals surface area contributed by atoms with Gasteiger partial charge in [0.1, 0.15) is 5.78 Å². The highest BCUT2D eigenvalue weighted by Crippen LogP contribution is 2.30. The third kappa shape index (κ3) is 3.30. The van der Waals surface area contributed by atoms with Crippen LogP contribution in [0.2, 0.25) is 5.02 Å². The highest BCUT2D eigenvalue weighted by Gasteiger charge is 2.25. The van der Waals surface area contributed by atoms with Crippen LogP contribution in [0.3, 0.4) is 0 Å². The van der Waals surface area contributed by atoms with Crippen molar-refractivity contribution in [3.63, 3.8) is 0 Å². The van der Waals surface area contributed by atoms with Gasteiger partial charge in [0.25, 0.3) is 0 Å². The number of aromatic nitrogens is 1. The Kier molecular flexibility index (Phi) is 4.72. The molecule has 3 nitrogen and oxygen atoms in total. The van der Waals surface area contributed by atoms with E-state index in [-0.39, 0.29) is 5.92 Å². The Hall–Kier alpha value is -0.930. The van der Waals surface area contributed by atoms with E-state index < -0.39 is 0 Å². The molecule has 1 aromatic heterocycles. The molecule has 1 aromatic rings. The van der Waals surface area contributed by atoms with Gasteiger partial charge in [-0.1, -0.05) is 11.6 Å². The summed E-state index contributed by atoms with van der Waals surface area (Å²) < 4.78 is 0. The van der Waals surface area contributed by atoms with Gasteiger partial charge in [0, 0.05) is 24.7 Å². The molecule has 1 heterocycles. The first-order chi connectivity index (χ1) is 8.70. The van der Waals surface area contributed by atoms with Crippen molar-refractivity contribution >= 4 is 17.4 Å². The van der Waals surface area contributed by atoms with Crippen LogP contribution in [0.25, 0.3) is 0 Å². The lowest BCUT2D eigenvalue weighted by molar-refractivity contribution is -0.123. The molecule has 98 valence electrons. The van der Waals surface area contributed by atoms with Crippen LogP contribution in [-0.2, 0) is 11.2 Å². The van der Waals surface area contributed by atoms with Crippen LogP contribution in [0, 0.1) is 11.8 Å². The minimum Gasteiger partial charge on any atom is -0.330 e. The van der Waals surface area contributed by atoms with Crippen molar-refractivity contribution in [1.82, 2.24) is 4.98 Å². The zero-order chi connectivity index (χ0) is 13.0. The minimum atomic E-state index is 0.192. The Morgan fingerprint density at radius 2 is 2.11 bits per heavy atom. The molecule has 0 saturated heterocycles. The Morgan fingerprint density at radius 3 is 2.72 bits per heavy atom. The van der Waals surface area contributed by atoms with E-state index >= 15 is 0 Å². The lowest BCUT2D eigenvalue weighted by Crippen LogP contribution is -2.26. The van der Waals surface area contributed by atoms with Crippen LogP contribution in [-0.4, -0.2) is 17.3 Å². The molecule has 1 aliphatic rings. The molecule has 2 rings (SSSR count). The number of Topliss-reactive ketones (excluding diaryl/α,β-unsaturated/α-hetero) is 1. The van der Waals surface area contributed by atoms with Crippen molar-refractivity contribution in [2.45, 2.75) is 32.1 Å². The monoisotopic (exact) mass is 266 g/mol. The van der Waals surface area contributed by atoms with Gasteiger partial charge in [0.15, 0.2) is 0 Å². The van der Waals surface area contributed by atoms with Crippen molar-refractivity contribution in [3.05, 3.63) is 29.0 Å². The van der Waals surface area contributed by atoms with Gasteiger partial charge >= 0.3 is 0 Å². The molecule has 0 bridgehead atoms. The van der Waals surface area contributed by atoms with Gasteiger partial charge in [-0.2, -0.15) is 0 Å². The minimum absolute atomic E-state index is 0.192.